The van der Waals surface area contributed by atoms with E-state index < -0.39 is 5.51 Å². The fourth-order valence-electron chi connectivity index (χ4n) is 1.58. The van der Waals surface area contributed by atoms with Gasteiger partial charge >= 0.3 is 5.51 Å². The van der Waals surface area contributed by atoms with Crippen LogP contribution in [0.25, 0.3) is 0 Å². The summed E-state index contributed by atoms with van der Waals surface area (Å²) in [7, 11) is 0. The van der Waals surface area contributed by atoms with Crippen molar-refractivity contribution < 1.29 is 23.1 Å². The van der Waals surface area contributed by atoms with Crippen molar-refractivity contribution >= 4 is 17.7 Å². The molecule has 0 bridgehead atoms. The van der Waals surface area contributed by atoms with Crippen LogP contribution in [0.1, 0.15) is 30.1 Å². The Labute approximate surface area is 119 Å². The molecule has 112 valence electrons. The predicted octanol–water partition coefficient (Wildman–Crippen LogP) is 3.19. The number of carbonyl (C=O) groups is 1. The van der Waals surface area contributed by atoms with Gasteiger partial charge in [0.1, 0.15) is 0 Å². The normalized spacial score (nSPS) is 13.1. The zero-order valence-electron chi connectivity index (χ0n) is 10.9. The van der Waals surface area contributed by atoms with Gasteiger partial charge in [0.05, 0.1) is 0 Å². The molecular weight excluding hydrogens is 291 g/mol. The van der Waals surface area contributed by atoms with Crippen molar-refractivity contribution in [3.63, 3.8) is 0 Å². The second-order valence-corrected chi connectivity index (χ2v) is 5.45. The third kappa shape index (κ3) is 6.29. The number of aliphatic hydroxyl groups excluding tert-OH is 1. The zero-order valence-corrected chi connectivity index (χ0v) is 11.7. The van der Waals surface area contributed by atoms with Crippen LogP contribution in [0.15, 0.2) is 29.2 Å². The molecule has 0 aliphatic rings. The maximum Gasteiger partial charge on any atom is 0.446 e. The molecule has 0 saturated heterocycles. The summed E-state index contributed by atoms with van der Waals surface area (Å²) in [5.74, 6) is -0.334. The summed E-state index contributed by atoms with van der Waals surface area (Å²) in [6.07, 6.45) is 1.23. The first kappa shape index (κ1) is 16.8. The van der Waals surface area contributed by atoms with Crippen LogP contribution in [0.4, 0.5) is 13.2 Å². The van der Waals surface area contributed by atoms with E-state index in [2.05, 4.69) is 5.32 Å². The number of alkyl halides is 3. The molecule has 0 saturated carbocycles. The van der Waals surface area contributed by atoms with Crippen molar-refractivity contribution in [1.82, 2.24) is 5.32 Å². The molecule has 0 aliphatic carbocycles. The number of aliphatic hydroxyl groups is 1. The lowest BCUT2D eigenvalue weighted by molar-refractivity contribution is -0.0328. The van der Waals surface area contributed by atoms with Crippen LogP contribution >= 0.6 is 11.8 Å². The average Bonchev–Trinajstić information content (AvgIpc) is 2.35. The molecule has 2 N–H and O–H groups in total. The van der Waals surface area contributed by atoms with E-state index in [-0.39, 0.29) is 35.2 Å². The van der Waals surface area contributed by atoms with Gasteiger partial charge in [0, 0.05) is 23.1 Å². The minimum atomic E-state index is -4.33. The number of thioether (sulfide) groups is 1. The Morgan fingerprint density at radius 2 is 1.95 bits per heavy atom. The smallest absolute Gasteiger partial charge is 0.396 e. The largest absolute Gasteiger partial charge is 0.446 e. The Bertz CT molecular complexity index is 434. The van der Waals surface area contributed by atoms with E-state index in [1.165, 1.54) is 24.3 Å². The Morgan fingerprint density at radius 1 is 1.35 bits per heavy atom. The summed E-state index contributed by atoms with van der Waals surface area (Å²) in [5, 5.41) is 11.4. The summed E-state index contributed by atoms with van der Waals surface area (Å²) in [6.45, 7) is 1.87. The lowest BCUT2D eigenvalue weighted by Crippen LogP contribution is -2.32. The van der Waals surface area contributed by atoms with Crippen LogP contribution < -0.4 is 5.32 Å². The molecule has 1 unspecified atom stereocenters. The standard InChI is InChI=1S/C13H16F3NO2S/c1-9(3-2-8-18)17-12(19)10-4-6-11(7-5-10)20-13(14,15)16/h4-7,9,18H,2-3,8H2,1H3,(H,17,19). The van der Waals surface area contributed by atoms with Gasteiger partial charge in [0.15, 0.2) is 0 Å². The molecule has 0 radical (unpaired) electrons. The van der Waals surface area contributed by atoms with Gasteiger partial charge in [0.25, 0.3) is 5.91 Å². The van der Waals surface area contributed by atoms with Gasteiger partial charge in [-0.05, 0) is 55.8 Å². The van der Waals surface area contributed by atoms with E-state index in [0.29, 0.717) is 18.4 Å². The van der Waals surface area contributed by atoms with Crippen molar-refractivity contribution in [3.8, 4) is 0 Å². The lowest BCUT2D eigenvalue weighted by Gasteiger charge is -2.13. The van der Waals surface area contributed by atoms with E-state index >= 15 is 0 Å². The van der Waals surface area contributed by atoms with E-state index in [1.54, 1.807) is 6.92 Å². The molecule has 1 atom stereocenters. The number of hydrogen-bond donors (Lipinski definition) is 2. The third-order valence-electron chi connectivity index (χ3n) is 2.52. The molecular formula is C13H16F3NO2S. The molecule has 7 heteroatoms. The number of rotatable bonds is 6. The molecule has 1 aromatic rings. The number of nitrogens with one attached hydrogen (secondary N) is 1. The lowest BCUT2D eigenvalue weighted by atomic mass is 10.1. The molecule has 0 aliphatic heterocycles. The minimum absolute atomic E-state index is 0.0439. The molecule has 0 fully saturated rings. The first-order chi connectivity index (χ1) is 9.31. The molecule has 20 heavy (non-hydrogen) atoms. The zero-order chi connectivity index (χ0) is 15.2. The molecule has 3 nitrogen and oxygen atoms in total. The number of hydrogen-bond acceptors (Lipinski definition) is 3. The minimum Gasteiger partial charge on any atom is -0.396 e. The first-order valence-corrected chi connectivity index (χ1v) is 6.91. The van der Waals surface area contributed by atoms with Gasteiger partial charge in [-0.25, -0.2) is 0 Å². The summed E-state index contributed by atoms with van der Waals surface area (Å²) in [6, 6.07) is 5.17. The number of halogens is 3. The van der Waals surface area contributed by atoms with E-state index in [1.807, 2.05) is 0 Å². The Kier molecular flexibility index (Phi) is 6.35. The van der Waals surface area contributed by atoms with Crippen molar-refractivity contribution in [2.75, 3.05) is 6.61 Å². The van der Waals surface area contributed by atoms with Gasteiger partial charge in [-0.2, -0.15) is 13.2 Å². The number of carbonyl (C=O) groups excluding carboxylic acids is 1. The van der Waals surface area contributed by atoms with Crippen LogP contribution in [-0.4, -0.2) is 29.2 Å². The van der Waals surface area contributed by atoms with Gasteiger partial charge in [-0.15, -0.1) is 0 Å². The third-order valence-corrected chi connectivity index (χ3v) is 3.26. The van der Waals surface area contributed by atoms with Crippen LogP contribution in [0, 0.1) is 0 Å². The fraction of sp³-hybridized carbons (Fsp3) is 0.462. The molecule has 1 amide bonds. The Balaban J connectivity index is 2.57. The van der Waals surface area contributed by atoms with Crippen molar-refractivity contribution in [1.29, 1.82) is 0 Å². The van der Waals surface area contributed by atoms with Crippen molar-refractivity contribution in [2.45, 2.75) is 36.2 Å². The quantitative estimate of drug-likeness (QED) is 0.794. The summed E-state index contributed by atoms with van der Waals surface area (Å²) >= 11 is -0.213. The highest BCUT2D eigenvalue weighted by Gasteiger charge is 2.29. The number of amides is 1. The maximum atomic E-state index is 12.2. The summed E-state index contributed by atoms with van der Waals surface area (Å²) in [4.78, 5) is 11.9. The highest BCUT2D eigenvalue weighted by atomic mass is 32.2. The molecule has 0 aromatic heterocycles. The highest BCUT2D eigenvalue weighted by molar-refractivity contribution is 8.00. The Hall–Kier alpha value is -1.21. The maximum absolute atomic E-state index is 12.2. The van der Waals surface area contributed by atoms with E-state index in [4.69, 9.17) is 5.11 Å². The second kappa shape index (κ2) is 7.54. The van der Waals surface area contributed by atoms with Gasteiger partial charge in [0.2, 0.25) is 0 Å². The van der Waals surface area contributed by atoms with Gasteiger partial charge in [-0.3, -0.25) is 4.79 Å². The Morgan fingerprint density at radius 3 is 2.45 bits per heavy atom. The first-order valence-electron chi connectivity index (χ1n) is 6.09. The predicted molar refractivity (Wildman–Crippen MR) is 71.6 cm³/mol. The van der Waals surface area contributed by atoms with E-state index in [0.717, 1.165) is 0 Å². The summed E-state index contributed by atoms with van der Waals surface area (Å²) < 4.78 is 36.5. The van der Waals surface area contributed by atoms with Gasteiger partial charge < -0.3 is 10.4 Å². The highest BCUT2D eigenvalue weighted by Crippen LogP contribution is 2.36. The monoisotopic (exact) mass is 307 g/mol. The topological polar surface area (TPSA) is 49.3 Å². The van der Waals surface area contributed by atoms with E-state index in [9.17, 15) is 18.0 Å². The molecule has 0 heterocycles. The SMILES string of the molecule is CC(CCCO)NC(=O)c1ccc(SC(F)(F)F)cc1. The fourth-order valence-corrected chi connectivity index (χ4v) is 2.12. The molecule has 0 spiro atoms. The van der Waals surface area contributed by atoms with Crippen LogP contribution in [0.5, 0.6) is 0 Å². The van der Waals surface area contributed by atoms with Crippen molar-refractivity contribution in [3.05, 3.63) is 29.8 Å². The van der Waals surface area contributed by atoms with Gasteiger partial charge in [-0.1, -0.05) is 0 Å². The molecule has 1 aromatic carbocycles. The summed E-state index contributed by atoms with van der Waals surface area (Å²) in [5.41, 5.74) is -4.02. The van der Waals surface area contributed by atoms with Crippen LogP contribution in [0.3, 0.4) is 0 Å². The molecule has 1 rings (SSSR count). The van der Waals surface area contributed by atoms with Crippen molar-refractivity contribution in [2.24, 2.45) is 0 Å². The second-order valence-electron chi connectivity index (χ2n) is 4.31. The van der Waals surface area contributed by atoms with Crippen LogP contribution in [-0.2, 0) is 0 Å². The average molecular weight is 307 g/mol. The van der Waals surface area contributed by atoms with Crippen LogP contribution in [0.2, 0.25) is 0 Å². The number of benzene rings is 1.